The van der Waals surface area contributed by atoms with Crippen LogP contribution in [0.4, 0.5) is 4.39 Å². The fourth-order valence-corrected chi connectivity index (χ4v) is 3.16. The Morgan fingerprint density at radius 2 is 1.88 bits per heavy atom. The summed E-state index contributed by atoms with van der Waals surface area (Å²) in [6.45, 7) is 0. The van der Waals surface area contributed by atoms with Gasteiger partial charge >= 0.3 is 0 Å². The van der Waals surface area contributed by atoms with Crippen molar-refractivity contribution in [2.75, 3.05) is 14.2 Å². The molecule has 0 amide bonds. The van der Waals surface area contributed by atoms with E-state index in [1.807, 2.05) is 30.3 Å². The lowest BCUT2D eigenvalue weighted by Gasteiger charge is -2.11. The molecule has 1 radical (unpaired) electrons. The van der Waals surface area contributed by atoms with E-state index >= 15 is 0 Å². The molecule has 0 fully saturated rings. The third-order valence-corrected chi connectivity index (χ3v) is 4.33. The van der Waals surface area contributed by atoms with Gasteiger partial charge in [-0.15, -0.1) is 0 Å². The minimum atomic E-state index is -0.288. The first-order valence-corrected chi connectivity index (χ1v) is 7.92. The van der Waals surface area contributed by atoms with Gasteiger partial charge in [-0.1, -0.05) is 6.07 Å². The number of hydrogen-bond donors (Lipinski definition) is 0. The van der Waals surface area contributed by atoms with Crippen molar-refractivity contribution in [1.82, 2.24) is 0 Å². The summed E-state index contributed by atoms with van der Waals surface area (Å²) in [4.78, 5) is 0. The van der Waals surface area contributed by atoms with Crippen LogP contribution in [0.3, 0.4) is 0 Å². The van der Waals surface area contributed by atoms with Gasteiger partial charge in [-0.05, 0) is 54.1 Å². The highest BCUT2D eigenvalue weighted by Crippen LogP contribution is 2.34. The molecule has 0 saturated heterocycles. The first-order valence-electron chi connectivity index (χ1n) is 7.92. The van der Waals surface area contributed by atoms with Crippen LogP contribution in [0.15, 0.2) is 52.9 Å². The van der Waals surface area contributed by atoms with Gasteiger partial charge in [0.05, 0.1) is 14.2 Å². The lowest BCUT2D eigenvalue weighted by Crippen LogP contribution is -1.96. The van der Waals surface area contributed by atoms with Gasteiger partial charge in [0.1, 0.15) is 28.5 Å². The Kier molecular flexibility index (Phi) is 3.80. The van der Waals surface area contributed by atoms with E-state index in [2.05, 4.69) is 6.07 Å². The third kappa shape index (κ3) is 2.70. The van der Waals surface area contributed by atoms with E-state index in [-0.39, 0.29) is 5.82 Å². The second-order valence-corrected chi connectivity index (χ2v) is 5.79. The quantitative estimate of drug-likeness (QED) is 0.518. The molecule has 25 heavy (non-hydrogen) atoms. The van der Waals surface area contributed by atoms with Gasteiger partial charge in [-0.2, -0.15) is 0 Å². The van der Waals surface area contributed by atoms with E-state index in [9.17, 15) is 4.39 Å². The number of rotatable bonds is 4. The Morgan fingerprint density at radius 1 is 1.00 bits per heavy atom. The number of hydrogen-bond acceptors (Lipinski definition) is 3. The van der Waals surface area contributed by atoms with Crippen LogP contribution in [0.1, 0.15) is 11.1 Å². The molecule has 125 valence electrons. The molecule has 4 heteroatoms. The summed E-state index contributed by atoms with van der Waals surface area (Å²) in [7, 11) is 3.27. The number of benzene rings is 3. The number of furan rings is 1. The molecule has 3 nitrogen and oxygen atoms in total. The lowest BCUT2D eigenvalue weighted by molar-refractivity contribution is 0.399. The highest BCUT2D eigenvalue weighted by atomic mass is 19.1. The van der Waals surface area contributed by atoms with E-state index in [0.717, 1.165) is 39.0 Å². The summed E-state index contributed by atoms with van der Waals surface area (Å²) in [5.74, 6) is 1.24. The predicted octanol–water partition coefficient (Wildman–Crippen LogP) is 5.13. The predicted molar refractivity (Wildman–Crippen MR) is 94.9 cm³/mol. The smallest absolute Gasteiger partial charge is 0.135 e. The van der Waals surface area contributed by atoms with Gasteiger partial charge in [0.15, 0.2) is 0 Å². The van der Waals surface area contributed by atoms with Crippen LogP contribution in [0, 0.1) is 11.9 Å². The second kappa shape index (κ2) is 6.13. The number of fused-ring (bicyclic) bond motifs is 3. The normalized spacial score (nSPS) is 11.2. The van der Waals surface area contributed by atoms with E-state index in [4.69, 9.17) is 13.9 Å². The van der Waals surface area contributed by atoms with Crippen LogP contribution in [-0.2, 0) is 6.42 Å². The van der Waals surface area contributed by atoms with Crippen molar-refractivity contribution in [3.63, 3.8) is 0 Å². The Balaban J connectivity index is 1.90. The molecule has 0 aliphatic carbocycles. The zero-order valence-corrected chi connectivity index (χ0v) is 13.9. The summed E-state index contributed by atoms with van der Waals surface area (Å²) >= 11 is 0. The van der Waals surface area contributed by atoms with Crippen LogP contribution in [0.2, 0.25) is 0 Å². The molecule has 0 saturated carbocycles. The Bertz CT molecular complexity index is 1070. The van der Waals surface area contributed by atoms with Gasteiger partial charge in [0.25, 0.3) is 0 Å². The van der Waals surface area contributed by atoms with Crippen molar-refractivity contribution in [3.8, 4) is 11.5 Å². The van der Waals surface area contributed by atoms with Gasteiger partial charge in [0.2, 0.25) is 0 Å². The molecule has 0 atom stereocenters. The molecule has 0 unspecified atom stereocenters. The molecule has 3 aromatic carbocycles. The fraction of sp³-hybridized carbons (Fsp3) is 0.143. The maximum atomic E-state index is 13.7. The zero-order chi connectivity index (χ0) is 17.4. The van der Waals surface area contributed by atoms with Crippen LogP contribution in [0.5, 0.6) is 11.5 Å². The summed E-state index contributed by atoms with van der Waals surface area (Å²) in [5.41, 5.74) is 3.27. The van der Waals surface area contributed by atoms with E-state index < -0.39 is 0 Å². The Hall–Kier alpha value is -3.01. The lowest BCUT2D eigenvalue weighted by atomic mass is 9.98. The van der Waals surface area contributed by atoms with Gasteiger partial charge < -0.3 is 13.9 Å². The highest BCUT2D eigenvalue weighted by molar-refractivity contribution is 6.06. The van der Waals surface area contributed by atoms with E-state index in [0.29, 0.717) is 12.0 Å². The summed E-state index contributed by atoms with van der Waals surface area (Å²) in [5, 5.41) is 1.63. The molecule has 4 aromatic rings. The molecule has 0 spiro atoms. The topological polar surface area (TPSA) is 31.6 Å². The number of ether oxygens (including phenoxy) is 2. The van der Waals surface area contributed by atoms with Crippen LogP contribution >= 0.6 is 0 Å². The van der Waals surface area contributed by atoms with Crippen molar-refractivity contribution < 1.29 is 18.3 Å². The fourth-order valence-electron chi connectivity index (χ4n) is 3.16. The van der Waals surface area contributed by atoms with Crippen molar-refractivity contribution in [3.05, 3.63) is 71.5 Å². The van der Waals surface area contributed by atoms with Gasteiger partial charge in [-0.3, -0.25) is 0 Å². The van der Waals surface area contributed by atoms with Gasteiger partial charge in [-0.25, -0.2) is 4.39 Å². The summed E-state index contributed by atoms with van der Waals surface area (Å²) in [6.07, 6.45) is 0.572. The molecule has 0 aliphatic heterocycles. The van der Waals surface area contributed by atoms with Gasteiger partial charge in [0, 0.05) is 22.8 Å². The molecule has 1 aromatic heterocycles. The van der Waals surface area contributed by atoms with E-state index in [1.165, 1.54) is 12.1 Å². The molecule has 0 aliphatic rings. The standard InChI is InChI=1S/C21H16FO3/c1-23-16-7-9-18(24-2)14(11-16)10-13-4-3-5-20-21(13)17-12-15(22)6-8-19(17)25-20/h3,5-9,11-12H,10H2,1-2H3. The maximum absolute atomic E-state index is 13.7. The van der Waals surface area contributed by atoms with E-state index in [1.54, 1.807) is 20.3 Å². The van der Waals surface area contributed by atoms with Crippen molar-refractivity contribution in [2.45, 2.75) is 6.42 Å². The van der Waals surface area contributed by atoms with Crippen LogP contribution in [-0.4, -0.2) is 14.2 Å². The Labute approximate surface area is 144 Å². The molecule has 1 heterocycles. The third-order valence-electron chi connectivity index (χ3n) is 4.33. The average Bonchev–Trinajstić information content (AvgIpc) is 3.00. The first kappa shape index (κ1) is 15.5. The zero-order valence-electron chi connectivity index (χ0n) is 13.9. The summed E-state index contributed by atoms with van der Waals surface area (Å²) < 4.78 is 30.4. The minimum Gasteiger partial charge on any atom is -0.497 e. The van der Waals surface area contributed by atoms with Crippen molar-refractivity contribution >= 4 is 21.9 Å². The molecule has 0 N–H and O–H groups in total. The largest absolute Gasteiger partial charge is 0.497 e. The molecule has 4 rings (SSSR count). The maximum Gasteiger partial charge on any atom is 0.135 e. The minimum absolute atomic E-state index is 0.288. The number of methoxy groups -OCH3 is 2. The monoisotopic (exact) mass is 335 g/mol. The molecular weight excluding hydrogens is 319 g/mol. The van der Waals surface area contributed by atoms with Crippen molar-refractivity contribution in [1.29, 1.82) is 0 Å². The average molecular weight is 335 g/mol. The molecule has 0 bridgehead atoms. The highest BCUT2D eigenvalue weighted by Gasteiger charge is 2.14. The second-order valence-electron chi connectivity index (χ2n) is 5.79. The number of halogens is 1. The van der Waals surface area contributed by atoms with Crippen LogP contribution < -0.4 is 9.47 Å². The molecular formula is C21H16FO3. The first-order chi connectivity index (χ1) is 12.2. The Morgan fingerprint density at radius 3 is 2.68 bits per heavy atom. The summed E-state index contributed by atoms with van der Waals surface area (Å²) in [6, 6.07) is 17.2. The SMILES string of the molecule is COc1ccc(OC)c(Cc2[c]ccc3oc4ccc(F)cc4c23)c1. The van der Waals surface area contributed by atoms with Crippen LogP contribution in [0.25, 0.3) is 21.9 Å². The van der Waals surface area contributed by atoms with Crippen molar-refractivity contribution in [2.24, 2.45) is 0 Å².